The van der Waals surface area contributed by atoms with Gasteiger partial charge in [-0.05, 0) is 48.9 Å². The third kappa shape index (κ3) is 5.83. The van der Waals surface area contributed by atoms with Crippen molar-refractivity contribution < 1.29 is 28.6 Å². The predicted octanol–water partition coefficient (Wildman–Crippen LogP) is 3.38. The lowest BCUT2D eigenvalue weighted by atomic mass is 10.1. The number of rotatable bonds is 9. The van der Waals surface area contributed by atoms with Crippen LogP contribution in [0.25, 0.3) is 0 Å². The summed E-state index contributed by atoms with van der Waals surface area (Å²) in [5.41, 5.74) is 7.74. The number of carbonyl (C=O) groups excluding carboxylic acids is 3. The van der Waals surface area contributed by atoms with E-state index in [-0.39, 0.29) is 35.3 Å². The Hall–Kier alpha value is -4.53. The Balaban J connectivity index is 1.82. The lowest BCUT2D eigenvalue weighted by Crippen LogP contribution is -2.20. The standard InChI is InChI=1S/C25H25N3O6/c1-15-9-10-18(27-24(30)16-7-5-4-6-8-16)13-19(15)28-25(31)17-11-20(32-2)23(21(12-17)33-3)34-14-22(26)29/h4-13H,14H2,1-3H3,(H2,26,29)(H,27,30)(H,28,31). The minimum Gasteiger partial charge on any atom is -0.493 e. The SMILES string of the molecule is COc1cc(C(=O)Nc2cc(NC(=O)c3ccccc3)ccc2C)cc(OC)c1OCC(N)=O. The molecule has 0 spiro atoms. The Morgan fingerprint density at radius 2 is 1.44 bits per heavy atom. The fourth-order valence-electron chi connectivity index (χ4n) is 3.12. The Labute approximate surface area is 196 Å². The maximum Gasteiger partial charge on any atom is 0.255 e. The molecule has 3 amide bonds. The van der Waals surface area contributed by atoms with E-state index in [0.717, 1.165) is 5.56 Å². The molecule has 4 N–H and O–H groups in total. The molecule has 0 aliphatic carbocycles. The summed E-state index contributed by atoms with van der Waals surface area (Å²) < 4.78 is 16.0. The van der Waals surface area contributed by atoms with Gasteiger partial charge in [0.25, 0.3) is 17.7 Å². The molecular weight excluding hydrogens is 438 g/mol. The summed E-state index contributed by atoms with van der Waals surface area (Å²) in [6, 6.07) is 17.0. The number of nitrogens with two attached hydrogens (primary N) is 1. The lowest BCUT2D eigenvalue weighted by Gasteiger charge is -2.16. The first-order valence-corrected chi connectivity index (χ1v) is 10.3. The molecule has 34 heavy (non-hydrogen) atoms. The molecule has 0 atom stereocenters. The van der Waals surface area contributed by atoms with E-state index in [9.17, 15) is 14.4 Å². The quantitative estimate of drug-likeness (QED) is 0.446. The number of primary amides is 1. The number of nitrogens with one attached hydrogen (secondary N) is 2. The summed E-state index contributed by atoms with van der Waals surface area (Å²) in [5.74, 6) is -0.809. The predicted molar refractivity (Wildman–Crippen MR) is 128 cm³/mol. The average molecular weight is 463 g/mol. The summed E-state index contributed by atoms with van der Waals surface area (Å²) in [5, 5.41) is 5.66. The van der Waals surface area contributed by atoms with E-state index in [1.165, 1.54) is 26.4 Å². The molecule has 3 rings (SSSR count). The molecular formula is C25H25N3O6. The number of ether oxygens (including phenoxy) is 3. The first kappa shape index (κ1) is 24.1. The van der Waals surface area contributed by atoms with E-state index < -0.39 is 11.8 Å². The summed E-state index contributed by atoms with van der Waals surface area (Å²) in [4.78, 5) is 36.5. The van der Waals surface area contributed by atoms with Crippen molar-refractivity contribution in [1.29, 1.82) is 0 Å². The number of methoxy groups -OCH3 is 2. The van der Waals surface area contributed by atoms with Crippen LogP contribution in [0.3, 0.4) is 0 Å². The van der Waals surface area contributed by atoms with Crippen molar-refractivity contribution >= 4 is 29.1 Å². The van der Waals surface area contributed by atoms with Crippen LogP contribution in [-0.2, 0) is 4.79 Å². The highest BCUT2D eigenvalue weighted by Gasteiger charge is 2.19. The van der Waals surface area contributed by atoms with Crippen LogP contribution in [0.5, 0.6) is 17.2 Å². The van der Waals surface area contributed by atoms with Gasteiger partial charge >= 0.3 is 0 Å². The Morgan fingerprint density at radius 1 is 0.824 bits per heavy atom. The summed E-state index contributed by atoms with van der Waals surface area (Å²) in [6.45, 7) is 1.46. The maximum absolute atomic E-state index is 13.0. The average Bonchev–Trinajstić information content (AvgIpc) is 2.84. The number of benzene rings is 3. The zero-order valence-corrected chi connectivity index (χ0v) is 19.0. The minimum atomic E-state index is -0.666. The molecule has 9 heteroatoms. The van der Waals surface area contributed by atoms with Gasteiger partial charge in [-0.1, -0.05) is 24.3 Å². The fraction of sp³-hybridized carbons (Fsp3) is 0.160. The normalized spacial score (nSPS) is 10.2. The highest BCUT2D eigenvalue weighted by Crippen LogP contribution is 2.38. The highest BCUT2D eigenvalue weighted by atomic mass is 16.5. The van der Waals surface area contributed by atoms with E-state index in [1.807, 2.05) is 13.0 Å². The van der Waals surface area contributed by atoms with Crippen molar-refractivity contribution in [3.8, 4) is 17.2 Å². The number of anilines is 2. The third-order valence-electron chi connectivity index (χ3n) is 4.86. The second-order valence-corrected chi connectivity index (χ2v) is 7.27. The van der Waals surface area contributed by atoms with Gasteiger partial charge in [-0.15, -0.1) is 0 Å². The van der Waals surface area contributed by atoms with E-state index in [1.54, 1.807) is 42.5 Å². The Kier molecular flexibility index (Phi) is 7.71. The fourth-order valence-corrected chi connectivity index (χ4v) is 3.12. The highest BCUT2D eigenvalue weighted by molar-refractivity contribution is 6.07. The molecule has 0 aliphatic heterocycles. The van der Waals surface area contributed by atoms with Crippen LogP contribution >= 0.6 is 0 Å². The topological polar surface area (TPSA) is 129 Å². The molecule has 0 saturated heterocycles. The summed E-state index contributed by atoms with van der Waals surface area (Å²) in [7, 11) is 2.80. The van der Waals surface area contributed by atoms with E-state index in [4.69, 9.17) is 19.9 Å². The molecule has 0 unspecified atom stereocenters. The van der Waals surface area contributed by atoms with E-state index in [2.05, 4.69) is 10.6 Å². The summed E-state index contributed by atoms with van der Waals surface area (Å²) >= 11 is 0. The zero-order valence-electron chi connectivity index (χ0n) is 19.0. The molecule has 0 bridgehead atoms. The molecule has 0 fully saturated rings. The van der Waals surface area contributed by atoms with Crippen molar-refractivity contribution in [3.63, 3.8) is 0 Å². The van der Waals surface area contributed by atoms with Crippen LogP contribution in [0.1, 0.15) is 26.3 Å². The van der Waals surface area contributed by atoms with Crippen LogP contribution in [0.2, 0.25) is 0 Å². The number of aryl methyl sites for hydroxylation is 1. The van der Waals surface area contributed by atoms with Gasteiger partial charge in [-0.3, -0.25) is 14.4 Å². The van der Waals surface area contributed by atoms with Crippen molar-refractivity contribution in [2.24, 2.45) is 5.73 Å². The van der Waals surface area contributed by atoms with Gasteiger partial charge < -0.3 is 30.6 Å². The van der Waals surface area contributed by atoms with Crippen molar-refractivity contribution in [3.05, 3.63) is 77.4 Å². The molecule has 9 nitrogen and oxygen atoms in total. The monoisotopic (exact) mass is 463 g/mol. The van der Waals surface area contributed by atoms with Gasteiger partial charge in [0, 0.05) is 22.5 Å². The Bertz CT molecular complexity index is 1190. The smallest absolute Gasteiger partial charge is 0.255 e. The lowest BCUT2D eigenvalue weighted by molar-refractivity contribution is -0.120. The molecule has 176 valence electrons. The molecule has 0 aliphatic rings. The molecule has 0 radical (unpaired) electrons. The van der Waals surface area contributed by atoms with Crippen molar-refractivity contribution in [2.45, 2.75) is 6.92 Å². The first-order valence-electron chi connectivity index (χ1n) is 10.3. The van der Waals surface area contributed by atoms with E-state index in [0.29, 0.717) is 16.9 Å². The Morgan fingerprint density at radius 3 is 2.03 bits per heavy atom. The number of hydrogen-bond donors (Lipinski definition) is 3. The van der Waals surface area contributed by atoms with Gasteiger partial charge in [0.2, 0.25) is 5.75 Å². The van der Waals surface area contributed by atoms with Gasteiger partial charge in [0.05, 0.1) is 14.2 Å². The van der Waals surface area contributed by atoms with Gasteiger partial charge in [0.15, 0.2) is 18.1 Å². The molecule has 3 aromatic carbocycles. The second kappa shape index (κ2) is 10.9. The van der Waals surface area contributed by atoms with Gasteiger partial charge in [-0.25, -0.2) is 0 Å². The van der Waals surface area contributed by atoms with Crippen LogP contribution in [0.4, 0.5) is 11.4 Å². The number of hydrogen-bond acceptors (Lipinski definition) is 6. The summed E-state index contributed by atoms with van der Waals surface area (Å²) in [6.07, 6.45) is 0. The van der Waals surface area contributed by atoms with E-state index >= 15 is 0 Å². The zero-order chi connectivity index (χ0) is 24.7. The van der Waals surface area contributed by atoms with Crippen LogP contribution < -0.4 is 30.6 Å². The largest absolute Gasteiger partial charge is 0.493 e. The third-order valence-corrected chi connectivity index (χ3v) is 4.86. The van der Waals surface area contributed by atoms with Crippen molar-refractivity contribution in [2.75, 3.05) is 31.5 Å². The first-order chi connectivity index (χ1) is 16.3. The number of amides is 3. The molecule has 3 aromatic rings. The molecule has 0 heterocycles. The van der Waals surface area contributed by atoms with Crippen LogP contribution in [0, 0.1) is 6.92 Å². The van der Waals surface area contributed by atoms with Crippen LogP contribution in [-0.4, -0.2) is 38.5 Å². The second-order valence-electron chi connectivity index (χ2n) is 7.27. The van der Waals surface area contributed by atoms with Crippen LogP contribution in [0.15, 0.2) is 60.7 Å². The molecule has 0 aromatic heterocycles. The minimum absolute atomic E-state index is 0.155. The van der Waals surface area contributed by atoms with Gasteiger partial charge in [0.1, 0.15) is 0 Å². The maximum atomic E-state index is 13.0. The molecule has 0 saturated carbocycles. The van der Waals surface area contributed by atoms with Gasteiger partial charge in [-0.2, -0.15) is 0 Å². The van der Waals surface area contributed by atoms with Crippen molar-refractivity contribution in [1.82, 2.24) is 0 Å². The number of carbonyl (C=O) groups is 3.